The number of hydrogen-bond donors (Lipinski definition) is 2. The van der Waals surface area contributed by atoms with Gasteiger partial charge in [0.05, 0.1) is 0 Å². The number of hydrogen-bond acceptors (Lipinski definition) is 2. The third kappa shape index (κ3) is 3.11. The Morgan fingerprint density at radius 3 is 2.75 bits per heavy atom. The van der Waals surface area contributed by atoms with Crippen LogP contribution in [0.3, 0.4) is 0 Å². The minimum absolute atomic E-state index is 0.303. The number of aromatic amines is 1. The molecule has 2 aromatic rings. The maximum absolute atomic E-state index is 12.3. The summed E-state index contributed by atoms with van der Waals surface area (Å²) >= 11 is 5.90. The van der Waals surface area contributed by atoms with Crippen molar-refractivity contribution >= 4 is 34.4 Å². The van der Waals surface area contributed by atoms with Gasteiger partial charge in [0.2, 0.25) is 0 Å². The number of H-pyrrole nitrogens is 1. The first-order valence-electron chi connectivity index (χ1n) is 6.30. The van der Waals surface area contributed by atoms with Crippen molar-refractivity contribution in [2.75, 3.05) is 13.1 Å². The number of halogens is 1. The topological polar surface area (TPSA) is 73.4 Å². The molecule has 0 spiro atoms. The van der Waals surface area contributed by atoms with Gasteiger partial charge in [0.1, 0.15) is 12.2 Å². The zero-order chi connectivity index (χ0) is 14.7. The first-order chi connectivity index (χ1) is 9.51. The second-order valence-electron chi connectivity index (χ2n) is 4.54. The molecule has 2 N–H and O–H groups in total. The summed E-state index contributed by atoms with van der Waals surface area (Å²) in [6.45, 7) is 2.00. The molecule has 1 aromatic carbocycles. The van der Waals surface area contributed by atoms with E-state index >= 15 is 0 Å². The predicted molar refractivity (Wildman–Crippen MR) is 77.1 cm³/mol. The van der Waals surface area contributed by atoms with Gasteiger partial charge in [-0.05, 0) is 24.6 Å². The van der Waals surface area contributed by atoms with E-state index in [0.29, 0.717) is 23.7 Å². The molecule has 0 aliphatic rings. The highest BCUT2D eigenvalue weighted by Crippen LogP contribution is 2.20. The van der Waals surface area contributed by atoms with Crippen LogP contribution in [0.2, 0.25) is 5.02 Å². The molecule has 0 bridgehead atoms. The molecule has 1 heterocycles. The van der Waals surface area contributed by atoms with Gasteiger partial charge in [-0.15, -0.1) is 0 Å². The summed E-state index contributed by atoms with van der Waals surface area (Å²) in [5.74, 6) is -1.34. The molecule has 0 atom stereocenters. The average molecular weight is 295 g/mol. The number of amides is 1. The van der Waals surface area contributed by atoms with Gasteiger partial charge in [-0.1, -0.05) is 24.6 Å². The largest absolute Gasteiger partial charge is 0.480 e. The van der Waals surface area contributed by atoms with Crippen LogP contribution < -0.4 is 0 Å². The van der Waals surface area contributed by atoms with Gasteiger partial charge >= 0.3 is 5.97 Å². The molecule has 6 heteroatoms. The van der Waals surface area contributed by atoms with Gasteiger partial charge in [-0.3, -0.25) is 9.59 Å². The van der Waals surface area contributed by atoms with Crippen LogP contribution in [0.15, 0.2) is 24.3 Å². The number of nitrogens with zero attached hydrogens (tertiary/aromatic N) is 1. The minimum Gasteiger partial charge on any atom is -0.480 e. The molecule has 0 aliphatic heterocycles. The SMILES string of the molecule is CCCN(CC(=O)O)C(=O)c1cc2ccc(Cl)cc2[nH]1. The summed E-state index contributed by atoms with van der Waals surface area (Å²) in [7, 11) is 0. The van der Waals surface area contributed by atoms with Crippen LogP contribution in [0.4, 0.5) is 0 Å². The van der Waals surface area contributed by atoms with E-state index in [1.54, 1.807) is 18.2 Å². The van der Waals surface area contributed by atoms with E-state index in [1.807, 2.05) is 13.0 Å². The molecule has 1 amide bonds. The number of aliphatic carboxylic acids is 1. The van der Waals surface area contributed by atoms with Crippen molar-refractivity contribution in [3.63, 3.8) is 0 Å². The second kappa shape index (κ2) is 5.96. The Kier molecular flexibility index (Phi) is 4.29. The van der Waals surface area contributed by atoms with Crippen LogP contribution in [0.5, 0.6) is 0 Å². The van der Waals surface area contributed by atoms with Gasteiger partial charge in [-0.2, -0.15) is 0 Å². The standard InChI is InChI=1S/C14H15ClN2O3/c1-2-5-17(8-13(18)19)14(20)12-6-9-3-4-10(15)7-11(9)16-12/h3-4,6-7,16H,2,5,8H2,1H3,(H,18,19). The highest BCUT2D eigenvalue weighted by molar-refractivity contribution is 6.31. The lowest BCUT2D eigenvalue weighted by atomic mass is 10.2. The molecule has 20 heavy (non-hydrogen) atoms. The molecular formula is C14H15ClN2O3. The maximum atomic E-state index is 12.3. The molecule has 0 unspecified atom stereocenters. The Morgan fingerprint density at radius 2 is 2.10 bits per heavy atom. The lowest BCUT2D eigenvalue weighted by Crippen LogP contribution is -2.36. The molecular weight excluding hydrogens is 280 g/mol. The van der Waals surface area contributed by atoms with Crippen molar-refractivity contribution in [3.05, 3.63) is 35.0 Å². The van der Waals surface area contributed by atoms with Crippen molar-refractivity contribution in [1.82, 2.24) is 9.88 Å². The normalized spacial score (nSPS) is 10.7. The van der Waals surface area contributed by atoms with E-state index in [2.05, 4.69) is 4.98 Å². The molecule has 5 nitrogen and oxygen atoms in total. The Labute approximate surface area is 121 Å². The van der Waals surface area contributed by atoms with Crippen molar-refractivity contribution in [3.8, 4) is 0 Å². The summed E-state index contributed by atoms with van der Waals surface area (Å²) in [5, 5.41) is 10.3. The third-order valence-electron chi connectivity index (χ3n) is 2.92. The number of carbonyl (C=O) groups excluding carboxylic acids is 1. The Bertz CT molecular complexity index is 651. The van der Waals surface area contributed by atoms with Crippen molar-refractivity contribution in [2.45, 2.75) is 13.3 Å². The van der Waals surface area contributed by atoms with Crippen LogP contribution in [0.1, 0.15) is 23.8 Å². The fraction of sp³-hybridized carbons (Fsp3) is 0.286. The fourth-order valence-corrected chi connectivity index (χ4v) is 2.24. The quantitative estimate of drug-likeness (QED) is 0.890. The molecule has 0 radical (unpaired) electrons. The Hall–Kier alpha value is -2.01. The van der Waals surface area contributed by atoms with Crippen molar-refractivity contribution < 1.29 is 14.7 Å². The molecule has 1 aromatic heterocycles. The van der Waals surface area contributed by atoms with Gasteiger partial charge in [0.25, 0.3) is 5.91 Å². The number of carboxylic acid groups (broad SMARTS) is 1. The van der Waals surface area contributed by atoms with E-state index in [1.165, 1.54) is 4.90 Å². The molecule has 0 fully saturated rings. The summed E-state index contributed by atoms with van der Waals surface area (Å²) in [6.07, 6.45) is 0.699. The highest BCUT2D eigenvalue weighted by atomic mass is 35.5. The second-order valence-corrected chi connectivity index (χ2v) is 4.97. The van der Waals surface area contributed by atoms with Crippen LogP contribution in [0.25, 0.3) is 10.9 Å². The summed E-state index contributed by atoms with van der Waals surface area (Å²) in [5.41, 5.74) is 1.13. The summed E-state index contributed by atoms with van der Waals surface area (Å²) in [4.78, 5) is 27.4. The van der Waals surface area contributed by atoms with E-state index in [9.17, 15) is 9.59 Å². The third-order valence-corrected chi connectivity index (χ3v) is 3.16. The van der Waals surface area contributed by atoms with Crippen molar-refractivity contribution in [2.24, 2.45) is 0 Å². The number of rotatable bonds is 5. The number of benzene rings is 1. The fourth-order valence-electron chi connectivity index (χ4n) is 2.07. The predicted octanol–water partition coefficient (Wildman–Crippen LogP) is 2.76. The number of fused-ring (bicyclic) bond motifs is 1. The number of carboxylic acids is 1. The van der Waals surface area contributed by atoms with Gasteiger partial charge in [0, 0.05) is 22.5 Å². The molecule has 0 saturated heterocycles. The lowest BCUT2D eigenvalue weighted by molar-refractivity contribution is -0.137. The maximum Gasteiger partial charge on any atom is 0.323 e. The van der Waals surface area contributed by atoms with Gasteiger partial charge < -0.3 is 15.0 Å². The highest BCUT2D eigenvalue weighted by Gasteiger charge is 2.19. The lowest BCUT2D eigenvalue weighted by Gasteiger charge is -2.18. The smallest absolute Gasteiger partial charge is 0.323 e. The Balaban J connectivity index is 2.30. The molecule has 106 valence electrons. The molecule has 0 saturated carbocycles. The Morgan fingerprint density at radius 1 is 1.35 bits per heavy atom. The van der Waals surface area contributed by atoms with Crippen LogP contribution >= 0.6 is 11.6 Å². The van der Waals surface area contributed by atoms with Gasteiger partial charge in [-0.25, -0.2) is 0 Å². The van der Waals surface area contributed by atoms with Crippen LogP contribution in [-0.2, 0) is 4.79 Å². The van der Waals surface area contributed by atoms with Crippen LogP contribution in [-0.4, -0.2) is 40.0 Å². The summed E-state index contributed by atoms with van der Waals surface area (Å²) in [6, 6.07) is 6.99. The minimum atomic E-state index is -1.02. The first kappa shape index (κ1) is 14.4. The first-order valence-corrected chi connectivity index (χ1v) is 6.68. The monoisotopic (exact) mass is 294 g/mol. The zero-order valence-corrected chi connectivity index (χ0v) is 11.8. The number of aromatic nitrogens is 1. The number of nitrogens with one attached hydrogen (secondary N) is 1. The zero-order valence-electron chi connectivity index (χ0n) is 11.0. The van der Waals surface area contributed by atoms with E-state index < -0.39 is 5.97 Å². The average Bonchev–Trinajstić information content (AvgIpc) is 2.79. The van der Waals surface area contributed by atoms with Gasteiger partial charge in [0.15, 0.2) is 0 Å². The van der Waals surface area contributed by atoms with E-state index in [0.717, 1.165) is 10.9 Å². The van der Waals surface area contributed by atoms with E-state index in [4.69, 9.17) is 16.7 Å². The molecule has 0 aliphatic carbocycles. The van der Waals surface area contributed by atoms with Crippen LogP contribution in [0, 0.1) is 0 Å². The van der Waals surface area contributed by atoms with E-state index in [-0.39, 0.29) is 12.5 Å². The molecule has 2 rings (SSSR count). The number of carbonyl (C=O) groups is 2. The summed E-state index contributed by atoms with van der Waals surface area (Å²) < 4.78 is 0. The van der Waals surface area contributed by atoms with Crippen molar-refractivity contribution in [1.29, 1.82) is 0 Å².